The summed E-state index contributed by atoms with van der Waals surface area (Å²) in [6.45, 7) is 4.56. The number of rotatable bonds is 5. The smallest absolute Gasteiger partial charge is 0.119 e. The molecule has 0 aliphatic rings. The van der Waals surface area contributed by atoms with E-state index in [0.717, 1.165) is 11.5 Å². The van der Waals surface area contributed by atoms with Crippen molar-refractivity contribution in [1.82, 2.24) is 0 Å². The van der Waals surface area contributed by atoms with E-state index in [-0.39, 0.29) is 5.41 Å². The topological polar surface area (TPSA) is 42.2 Å². The first-order valence-electron chi connectivity index (χ1n) is 5.21. The van der Waals surface area contributed by atoms with Gasteiger partial charge in [0.15, 0.2) is 0 Å². The molecule has 0 N–H and O–H groups in total. The summed E-state index contributed by atoms with van der Waals surface area (Å²) in [5.74, 6) is 1.61. The summed E-state index contributed by atoms with van der Waals surface area (Å²) in [4.78, 5) is 0. The molecule has 0 spiro atoms. The molecular formula is C13H17NO2. The lowest BCUT2D eigenvalue weighted by Gasteiger charge is -2.21. The van der Waals surface area contributed by atoms with Crippen molar-refractivity contribution in [3.63, 3.8) is 0 Å². The number of nitrogens with zero attached hydrogens (tertiary/aromatic N) is 1. The molecule has 0 fully saturated rings. The van der Waals surface area contributed by atoms with Crippen LogP contribution in [0.4, 0.5) is 0 Å². The first-order chi connectivity index (χ1) is 7.57. The van der Waals surface area contributed by atoms with E-state index in [4.69, 9.17) is 14.7 Å². The number of hydrogen-bond acceptors (Lipinski definition) is 3. The zero-order valence-electron chi connectivity index (χ0n) is 9.99. The molecule has 0 heterocycles. The Morgan fingerprint density at radius 2 is 1.75 bits per heavy atom. The Labute approximate surface area is 96.6 Å². The zero-order valence-corrected chi connectivity index (χ0v) is 9.99. The van der Waals surface area contributed by atoms with E-state index in [2.05, 4.69) is 6.07 Å². The summed E-state index contributed by atoms with van der Waals surface area (Å²) in [7, 11) is 1.63. The summed E-state index contributed by atoms with van der Waals surface area (Å²) in [6.07, 6.45) is 0.489. The van der Waals surface area contributed by atoms with Crippen LogP contribution in [0.2, 0.25) is 0 Å². The predicted molar refractivity (Wildman–Crippen MR) is 62.5 cm³/mol. The van der Waals surface area contributed by atoms with Crippen LogP contribution in [0.1, 0.15) is 20.3 Å². The molecular weight excluding hydrogens is 202 g/mol. The third-order valence-electron chi connectivity index (χ3n) is 2.25. The Morgan fingerprint density at radius 1 is 1.19 bits per heavy atom. The monoisotopic (exact) mass is 219 g/mol. The lowest BCUT2D eigenvalue weighted by atomic mass is 9.91. The van der Waals surface area contributed by atoms with Gasteiger partial charge in [0.05, 0.1) is 19.8 Å². The molecule has 1 aromatic rings. The SMILES string of the molecule is COc1ccc(OCC(C)(C)CC#N)cc1. The standard InChI is InChI=1S/C13H17NO2/c1-13(2,8-9-14)10-16-12-6-4-11(15-3)5-7-12/h4-7H,8,10H2,1-3H3. The summed E-state index contributed by atoms with van der Waals surface area (Å²) < 4.78 is 10.7. The molecule has 0 saturated heterocycles. The number of methoxy groups -OCH3 is 1. The van der Waals surface area contributed by atoms with Gasteiger partial charge in [-0.2, -0.15) is 5.26 Å². The number of benzene rings is 1. The third kappa shape index (κ3) is 3.82. The highest BCUT2D eigenvalue weighted by atomic mass is 16.5. The Balaban J connectivity index is 2.51. The average molecular weight is 219 g/mol. The van der Waals surface area contributed by atoms with Gasteiger partial charge in [-0.05, 0) is 24.3 Å². The van der Waals surface area contributed by atoms with Crippen molar-refractivity contribution in [2.24, 2.45) is 5.41 Å². The van der Waals surface area contributed by atoms with E-state index in [1.54, 1.807) is 7.11 Å². The van der Waals surface area contributed by atoms with E-state index in [0.29, 0.717) is 13.0 Å². The van der Waals surface area contributed by atoms with Crippen LogP contribution in [0.3, 0.4) is 0 Å². The van der Waals surface area contributed by atoms with Gasteiger partial charge in [0.25, 0.3) is 0 Å². The van der Waals surface area contributed by atoms with Crippen LogP contribution in [0.15, 0.2) is 24.3 Å². The van der Waals surface area contributed by atoms with Crippen LogP contribution in [0, 0.1) is 16.7 Å². The minimum atomic E-state index is -0.116. The van der Waals surface area contributed by atoms with Crippen molar-refractivity contribution < 1.29 is 9.47 Å². The van der Waals surface area contributed by atoms with Crippen molar-refractivity contribution in [1.29, 1.82) is 5.26 Å². The average Bonchev–Trinajstić information content (AvgIpc) is 2.27. The van der Waals surface area contributed by atoms with Crippen molar-refractivity contribution in [3.8, 4) is 17.6 Å². The van der Waals surface area contributed by atoms with Gasteiger partial charge in [-0.15, -0.1) is 0 Å². The molecule has 0 radical (unpaired) electrons. The number of hydrogen-bond donors (Lipinski definition) is 0. The summed E-state index contributed by atoms with van der Waals surface area (Å²) in [5.41, 5.74) is -0.116. The molecule has 0 bridgehead atoms. The highest BCUT2D eigenvalue weighted by molar-refractivity contribution is 5.31. The number of nitriles is 1. The second-order valence-corrected chi connectivity index (χ2v) is 4.46. The Morgan fingerprint density at radius 3 is 2.25 bits per heavy atom. The van der Waals surface area contributed by atoms with E-state index in [1.165, 1.54) is 0 Å². The van der Waals surface area contributed by atoms with Gasteiger partial charge in [0.1, 0.15) is 11.5 Å². The molecule has 1 rings (SSSR count). The van der Waals surface area contributed by atoms with Crippen LogP contribution in [0.25, 0.3) is 0 Å². The normalized spacial score (nSPS) is 10.6. The van der Waals surface area contributed by atoms with Crippen molar-refractivity contribution in [2.45, 2.75) is 20.3 Å². The molecule has 0 amide bonds. The molecule has 0 unspecified atom stereocenters. The van der Waals surface area contributed by atoms with Crippen LogP contribution in [0.5, 0.6) is 11.5 Å². The Hall–Kier alpha value is -1.69. The molecule has 0 atom stereocenters. The predicted octanol–water partition coefficient (Wildman–Crippen LogP) is 3.01. The maximum Gasteiger partial charge on any atom is 0.119 e. The summed E-state index contributed by atoms with van der Waals surface area (Å²) in [6, 6.07) is 9.59. The quantitative estimate of drug-likeness (QED) is 0.764. The van der Waals surface area contributed by atoms with Gasteiger partial charge < -0.3 is 9.47 Å². The molecule has 3 nitrogen and oxygen atoms in total. The second kappa shape index (κ2) is 5.41. The van der Waals surface area contributed by atoms with Gasteiger partial charge in [0.2, 0.25) is 0 Å². The lowest BCUT2D eigenvalue weighted by molar-refractivity contribution is 0.184. The van der Waals surface area contributed by atoms with E-state index >= 15 is 0 Å². The van der Waals surface area contributed by atoms with Crippen LogP contribution in [-0.4, -0.2) is 13.7 Å². The van der Waals surface area contributed by atoms with E-state index in [1.807, 2.05) is 38.1 Å². The van der Waals surface area contributed by atoms with Crippen LogP contribution < -0.4 is 9.47 Å². The van der Waals surface area contributed by atoms with E-state index in [9.17, 15) is 0 Å². The highest BCUT2D eigenvalue weighted by Gasteiger charge is 2.18. The maximum atomic E-state index is 8.65. The first kappa shape index (κ1) is 12.4. The van der Waals surface area contributed by atoms with Gasteiger partial charge in [0, 0.05) is 11.8 Å². The fraction of sp³-hybridized carbons (Fsp3) is 0.462. The minimum Gasteiger partial charge on any atom is -0.497 e. The Kier molecular flexibility index (Phi) is 4.19. The van der Waals surface area contributed by atoms with Gasteiger partial charge in [-0.1, -0.05) is 13.8 Å². The molecule has 0 aliphatic carbocycles. The van der Waals surface area contributed by atoms with Gasteiger partial charge >= 0.3 is 0 Å². The molecule has 16 heavy (non-hydrogen) atoms. The summed E-state index contributed by atoms with van der Waals surface area (Å²) in [5, 5.41) is 8.65. The number of ether oxygens (including phenoxy) is 2. The van der Waals surface area contributed by atoms with E-state index < -0.39 is 0 Å². The maximum absolute atomic E-state index is 8.65. The molecule has 1 aromatic carbocycles. The zero-order chi connectivity index (χ0) is 12.0. The Bertz CT molecular complexity index is 363. The highest BCUT2D eigenvalue weighted by Crippen LogP contribution is 2.23. The molecule has 0 aromatic heterocycles. The van der Waals surface area contributed by atoms with Crippen molar-refractivity contribution in [2.75, 3.05) is 13.7 Å². The third-order valence-corrected chi connectivity index (χ3v) is 2.25. The van der Waals surface area contributed by atoms with Crippen molar-refractivity contribution in [3.05, 3.63) is 24.3 Å². The van der Waals surface area contributed by atoms with Crippen molar-refractivity contribution >= 4 is 0 Å². The fourth-order valence-electron chi connectivity index (χ4n) is 1.22. The van der Waals surface area contributed by atoms with Gasteiger partial charge in [-0.25, -0.2) is 0 Å². The second-order valence-electron chi connectivity index (χ2n) is 4.46. The molecule has 3 heteroatoms. The van der Waals surface area contributed by atoms with Crippen LogP contribution in [-0.2, 0) is 0 Å². The largest absolute Gasteiger partial charge is 0.497 e. The lowest BCUT2D eigenvalue weighted by Crippen LogP contribution is -2.20. The molecule has 86 valence electrons. The molecule has 0 saturated carbocycles. The minimum absolute atomic E-state index is 0.116. The molecule has 0 aliphatic heterocycles. The van der Waals surface area contributed by atoms with Gasteiger partial charge in [-0.3, -0.25) is 0 Å². The van der Waals surface area contributed by atoms with Crippen LogP contribution >= 0.6 is 0 Å². The summed E-state index contributed by atoms with van der Waals surface area (Å²) >= 11 is 0. The first-order valence-corrected chi connectivity index (χ1v) is 5.21. The fourth-order valence-corrected chi connectivity index (χ4v) is 1.22.